The van der Waals surface area contributed by atoms with E-state index in [1.165, 1.54) is 0 Å². The molecule has 0 unspecified atom stereocenters. The number of hydrogen-bond acceptors (Lipinski definition) is 3. The molecule has 11 heavy (non-hydrogen) atoms. The molecule has 0 aromatic heterocycles. The van der Waals surface area contributed by atoms with Gasteiger partial charge in [-0.1, -0.05) is 0 Å². The van der Waals surface area contributed by atoms with Crippen molar-refractivity contribution >= 4 is 105 Å². The average molecular weight is 260 g/mol. The van der Waals surface area contributed by atoms with Crippen LogP contribution in [0, 0.1) is 0 Å². The van der Waals surface area contributed by atoms with Crippen LogP contribution in [0.3, 0.4) is 0 Å². The summed E-state index contributed by atoms with van der Waals surface area (Å²) in [6, 6.07) is 0. The first kappa shape index (κ1) is 19.7. The Morgan fingerprint density at radius 2 is 1.09 bits per heavy atom. The molecular weight excluding hydrogens is 253 g/mol. The summed E-state index contributed by atoms with van der Waals surface area (Å²) in [6.07, 6.45) is 0. The van der Waals surface area contributed by atoms with E-state index in [1.54, 1.807) is 0 Å². The maximum atomic E-state index is 9.63. The fourth-order valence-corrected chi connectivity index (χ4v) is 1.25. The van der Waals surface area contributed by atoms with Gasteiger partial charge in [0.05, 0.1) is 0 Å². The van der Waals surface area contributed by atoms with Gasteiger partial charge in [0.2, 0.25) is 0 Å². The molecule has 0 amide bonds. The van der Waals surface area contributed by atoms with E-state index in [0.717, 1.165) is 0 Å². The quantitative estimate of drug-likeness (QED) is 0.323. The van der Waals surface area contributed by atoms with Crippen molar-refractivity contribution in [2.24, 2.45) is 0 Å². The van der Waals surface area contributed by atoms with Crippen LogP contribution in [0.4, 0.5) is 0 Å². The number of phosphoric acid groups is 2. The van der Waals surface area contributed by atoms with E-state index in [1.807, 2.05) is 0 Å². The zero-order chi connectivity index (χ0) is 7.71. The van der Waals surface area contributed by atoms with Crippen LogP contribution >= 0.6 is 15.6 Å². The van der Waals surface area contributed by atoms with Gasteiger partial charge in [-0.3, -0.25) is 0 Å². The molecule has 0 bridgehead atoms. The second-order valence-electron chi connectivity index (χ2n) is 1.06. The third-order valence-corrected chi connectivity index (χ3v) is 1.91. The molecule has 0 aromatic carbocycles. The molecule has 0 saturated heterocycles. The van der Waals surface area contributed by atoms with E-state index in [2.05, 4.69) is 4.31 Å². The van der Waals surface area contributed by atoms with Gasteiger partial charge in [-0.05, 0) is 0 Å². The second kappa shape index (κ2) is 7.45. The predicted octanol–water partition coefficient (Wildman–Crippen LogP) is -2.38. The molecule has 0 aliphatic carbocycles. The van der Waals surface area contributed by atoms with Crippen molar-refractivity contribution in [2.75, 3.05) is 0 Å². The van der Waals surface area contributed by atoms with E-state index in [9.17, 15) is 9.13 Å². The maximum absolute atomic E-state index is 9.63. The molecule has 0 aromatic rings. The Morgan fingerprint density at radius 1 is 0.909 bits per heavy atom. The number of rotatable bonds is 2. The molecule has 0 heterocycles. The van der Waals surface area contributed by atoms with Gasteiger partial charge < -0.3 is 19.6 Å². The first-order chi connectivity index (χ1) is 3.71. The Hall–Kier alpha value is 3.16. The Morgan fingerprint density at radius 3 is 1.09 bits per heavy atom. The van der Waals surface area contributed by atoms with Crippen LogP contribution in [0.1, 0.15) is 0 Å². The van der Waals surface area contributed by atoms with E-state index < -0.39 is 15.6 Å². The van der Waals surface area contributed by atoms with Gasteiger partial charge in [0.25, 0.3) is 0 Å². The molecule has 0 fully saturated rings. The van der Waals surface area contributed by atoms with Crippen molar-refractivity contribution in [1.82, 2.24) is 0 Å². The predicted molar refractivity (Wildman–Crippen MR) is 40.9 cm³/mol. The van der Waals surface area contributed by atoms with Crippen molar-refractivity contribution in [2.45, 2.75) is 0 Å². The van der Waals surface area contributed by atoms with Crippen LogP contribution in [0.15, 0.2) is 0 Å². The Kier molecular flexibility index (Phi) is 13.3. The summed E-state index contributed by atoms with van der Waals surface area (Å²) in [7, 11) is -10.1. The summed E-state index contributed by atoms with van der Waals surface area (Å²) < 4.78 is 22.2. The minimum absolute atomic E-state index is 0. The van der Waals surface area contributed by atoms with Crippen molar-refractivity contribution in [3.8, 4) is 0 Å². The molecule has 0 aliphatic rings. The SMILES string of the molecule is O=P(O)(O)OP(=O)(O)O.[CaH2].[KH]. The first-order valence-corrected chi connectivity index (χ1v) is 4.59. The zero-order valence-electron chi connectivity index (χ0n) is 3.91. The minimum atomic E-state index is -5.05. The van der Waals surface area contributed by atoms with Gasteiger partial charge >= 0.3 is 105 Å². The molecule has 11 heteroatoms. The second-order valence-corrected chi connectivity index (χ2v) is 3.68. The molecule has 62 valence electrons. The van der Waals surface area contributed by atoms with Crippen LogP contribution in [0.25, 0.3) is 0 Å². The van der Waals surface area contributed by atoms with Gasteiger partial charge in [0.15, 0.2) is 0 Å². The van der Waals surface area contributed by atoms with Gasteiger partial charge in [0.1, 0.15) is 0 Å². The van der Waals surface area contributed by atoms with E-state index in [-0.39, 0.29) is 89.1 Å². The van der Waals surface area contributed by atoms with E-state index in [4.69, 9.17) is 19.6 Å². The van der Waals surface area contributed by atoms with Crippen LogP contribution in [0.2, 0.25) is 0 Å². The summed E-state index contributed by atoms with van der Waals surface area (Å²) in [6.45, 7) is 0. The van der Waals surface area contributed by atoms with Crippen molar-refractivity contribution < 1.29 is 33.0 Å². The topological polar surface area (TPSA) is 124 Å². The molecular formula is H7CaKO7P2. The van der Waals surface area contributed by atoms with Gasteiger partial charge in [0, 0.05) is 0 Å². The monoisotopic (exact) mass is 260 g/mol. The van der Waals surface area contributed by atoms with E-state index >= 15 is 0 Å². The Labute approximate surface area is 135 Å². The molecule has 0 atom stereocenters. The van der Waals surface area contributed by atoms with Crippen LogP contribution < -0.4 is 0 Å². The summed E-state index contributed by atoms with van der Waals surface area (Å²) in [4.78, 5) is 31.0. The molecule has 0 spiro atoms. The van der Waals surface area contributed by atoms with Gasteiger partial charge in [-0.25, -0.2) is 9.13 Å². The fraction of sp³-hybridized carbons (Fsp3) is 0. The van der Waals surface area contributed by atoms with Crippen LogP contribution in [-0.4, -0.2) is 109 Å². The zero-order valence-corrected chi connectivity index (χ0v) is 5.70. The first-order valence-electron chi connectivity index (χ1n) is 1.53. The normalized spacial score (nSPS) is 11.3. The summed E-state index contributed by atoms with van der Waals surface area (Å²) >= 11 is 0. The van der Waals surface area contributed by atoms with Crippen molar-refractivity contribution in [3.05, 3.63) is 0 Å². The molecule has 0 rings (SSSR count). The average Bonchev–Trinajstić information content (AvgIpc) is 1.14. The third-order valence-electron chi connectivity index (χ3n) is 0.213. The Balaban J connectivity index is -0.000000320. The summed E-state index contributed by atoms with van der Waals surface area (Å²) in [5, 5.41) is 0. The molecule has 0 saturated carbocycles. The van der Waals surface area contributed by atoms with Crippen molar-refractivity contribution in [3.63, 3.8) is 0 Å². The van der Waals surface area contributed by atoms with Gasteiger partial charge in [-0.2, -0.15) is 4.31 Å². The standard InChI is InChI=1S/Ca.K.H4O7P2.3H/c;;1-8(2,3)7-9(4,5)6;;;/h;;(H2,1,2,3)(H2,4,5,6);;;. The van der Waals surface area contributed by atoms with E-state index in [0.29, 0.717) is 0 Å². The fourth-order valence-electron chi connectivity index (χ4n) is 0.139. The van der Waals surface area contributed by atoms with Gasteiger partial charge in [-0.15, -0.1) is 0 Å². The van der Waals surface area contributed by atoms with Crippen LogP contribution in [0.5, 0.6) is 0 Å². The van der Waals surface area contributed by atoms with Crippen LogP contribution in [-0.2, 0) is 13.4 Å². The summed E-state index contributed by atoms with van der Waals surface area (Å²) in [5.41, 5.74) is 0. The summed E-state index contributed by atoms with van der Waals surface area (Å²) in [5.74, 6) is 0. The Bertz CT molecular complexity index is 157. The molecule has 7 nitrogen and oxygen atoms in total. The number of hydrogen-bond donors (Lipinski definition) is 4. The molecule has 0 radical (unpaired) electrons. The molecule has 0 aliphatic heterocycles. The third kappa shape index (κ3) is 19.5. The molecule has 4 N–H and O–H groups in total. The van der Waals surface area contributed by atoms with Crippen molar-refractivity contribution in [1.29, 1.82) is 0 Å².